The van der Waals surface area contributed by atoms with E-state index in [1.165, 1.54) is 12.0 Å². The van der Waals surface area contributed by atoms with Gasteiger partial charge in [0.1, 0.15) is 10.8 Å². The third kappa shape index (κ3) is 3.77. The summed E-state index contributed by atoms with van der Waals surface area (Å²) in [6.45, 7) is 2.51. The number of fused-ring (bicyclic) bond motifs is 1. The van der Waals surface area contributed by atoms with Crippen LogP contribution >= 0.6 is 23.6 Å². The largest absolute Gasteiger partial charge is 0.492 e. The molecule has 0 aliphatic heterocycles. The van der Waals surface area contributed by atoms with Crippen LogP contribution in [-0.2, 0) is 17.6 Å². The number of thiophene rings is 1. The van der Waals surface area contributed by atoms with Crippen LogP contribution < -0.4 is 15.4 Å². The topological polar surface area (TPSA) is 59.6 Å². The van der Waals surface area contributed by atoms with E-state index in [1.807, 2.05) is 31.2 Å². The molecule has 0 saturated heterocycles. The molecule has 0 unspecified atom stereocenters. The summed E-state index contributed by atoms with van der Waals surface area (Å²) in [4.78, 5) is 13.4. The van der Waals surface area contributed by atoms with Gasteiger partial charge in [-0.2, -0.15) is 0 Å². The van der Waals surface area contributed by atoms with Gasteiger partial charge in [-0.05, 0) is 56.1 Å². The van der Waals surface area contributed by atoms with Crippen molar-refractivity contribution in [2.24, 2.45) is 0 Å². The molecule has 132 valence electrons. The first-order chi connectivity index (χ1) is 12.1. The van der Waals surface area contributed by atoms with Gasteiger partial charge in [-0.3, -0.25) is 0 Å². The van der Waals surface area contributed by atoms with E-state index in [0.29, 0.717) is 17.3 Å². The molecule has 0 atom stereocenters. The second-order valence-corrected chi connectivity index (χ2v) is 7.07. The number of carbonyl (C=O) groups is 1. The Bertz CT molecular complexity index is 802. The molecule has 1 aromatic heterocycles. The maximum Gasteiger partial charge on any atom is 0.341 e. The van der Waals surface area contributed by atoms with Crippen molar-refractivity contribution in [1.82, 2.24) is 0 Å². The van der Waals surface area contributed by atoms with Gasteiger partial charge in [-0.25, -0.2) is 4.79 Å². The number of para-hydroxylation sites is 2. The Morgan fingerprint density at radius 1 is 1.28 bits per heavy atom. The lowest BCUT2D eigenvalue weighted by molar-refractivity contribution is 0.0601. The highest BCUT2D eigenvalue weighted by Crippen LogP contribution is 2.39. The summed E-state index contributed by atoms with van der Waals surface area (Å²) >= 11 is 7.00. The van der Waals surface area contributed by atoms with E-state index in [0.717, 1.165) is 41.3 Å². The number of aryl methyl sites for hydroxylation is 1. The summed E-state index contributed by atoms with van der Waals surface area (Å²) in [7, 11) is 1.40. The van der Waals surface area contributed by atoms with E-state index in [9.17, 15) is 4.79 Å². The number of hydrogen-bond donors (Lipinski definition) is 2. The Morgan fingerprint density at radius 3 is 2.84 bits per heavy atom. The van der Waals surface area contributed by atoms with Gasteiger partial charge in [0.2, 0.25) is 0 Å². The molecule has 0 fully saturated rings. The molecule has 0 radical (unpaired) electrons. The number of thiocarbonyl (C=S) groups is 1. The number of ether oxygens (including phenoxy) is 2. The first kappa shape index (κ1) is 17.7. The van der Waals surface area contributed by atoms with Gasteiger partial charge in [0.25, 0.3) is 0 Å². The highest BCUT2D eigenvalue weighted by molar-refractivity contribution is 7.80. The van der Waals surface area contributed by atoms with E-state index in [2.05, 4.69) is 10.6 Å². The third-order valence-electron chi connectivity index (χ3n) is 3.97. The zero-order valence-electron chi connectivity index (χ0n) is 14.2. The van der Waals surface area contributed by atoms with Crippen molar-refractivity contribution in [3.63, 3.8) is 0 Å². The number of benzene rings is 1. The summed E-state index contributed by atoms with van der Waals surface area (Å²) in [6, 6.07) is 7.60. The molecule has 0 spiro atoms. The Balaban J connectivity index is 1.79. The fraction of sp³-hybridized carbons (Fsp3) is 0.333. The second-order valence-electron chi connectivity index (χ2n) is 5.56. The van der Waals surface area contributed by atoms with E-state index in [1.54, 1.807) is 11.3 Å². The predicted molar refractivity (Wildman–Crippen MR) is 105 cm³/mol. The molecule has 1 heterocycles. The molecule has 1 aliphatic carbocycles. The quantitative estimate of drug-likeness (QED) is 0.601. The Morgan fingerprint density at radius 2 is 2.08 bits per heavy atom. The molecule has 2 N–H and O–H groups in total. The zero-order valence-corrected chi connectivity index (χ0v) is 15.8. The van der Waals surface area contributed by atoms with E-state index in [4.69, 9.17) is 21.7 Å². The lowest BCUT2D eigenvalue weighted by atomic mass is 10.1. The molecule has 5 nitrogen and oxygen atoms in total. The number of anilines is 2. The number of hydrogen-bond acceptors (Lipinski definition) is 5. The van der Waals surface area contributed by atoms with Crippen LogP contribution in [0.2, 0.25) is 0 Å². The lowest BCUT2D eigenvalue weighted by Gasteiger charge is -2.14. The van der Waals surface area contributed by atoms with E-state index >= 15 is 0 Å². The summed E-state index contributed by atoms with van der Waals surface area (Å²) in [6.07, 6.45) is 2.99. The average molecular weight is 377 g/mol. The zero-order chi connectivity index (χ0) is 17.8. The van der Waals surface area contributed by atoms with Crippen molar-refractivity contribution in [2.45, 2.75) is 26.2 Å². The summed E-state index contributed by atoms with van der Waals surface area (Å²) in [5.74, 6) is 0.412. The van der Waals surface area contributed by atoms with Gasteiger partial charge in [-0.1, -0.05) is 12.1 Å². The van der Waals surface area contributed by atoms with Gasteiger partial charge in [0, 0.05) is 4.88 Å². The molecule has 25 heavy (non-hydrogen) atoms. The van der Waals surface area contributed by atoms with Crippen molar-refractivity contribution in [3.05, 3.63) is 40.3 Å². The van der Waals surface area contributed by atoms with Crippen LogP contribution in [-0.4, -0.2) is 24.8 Å². The van der Waals surface area contributed by atoms with Crippen LogP contribution in [0.25, 0.3) is 0 Å². The van der Waals surface area contributed by atoms with Gasteiger partial charge >= 0.3 is 5.97 Å². The van der Waals surface area contributed by atoms with E-state index in [-0.39, 0.29) is 5.97 Å². The lowest BCUT2D eigenvalue weighted by Crippen LogP contribution is -2.20. The van der Waals surface area contributed by atoms with Gasteiger partial charge < -0.3 is 20.1 Å². The maximum atomic E-state index is 12.2. The highest BCUT2D eigenvalue weighted by atomic mass is 32.1. The SMILES string of the molecule is CCOc1ccccc1NC(=S)Nc1sc2c(c1C(=O)OC)CCC2. The number of carbonyl (C=O) groups excluding carboxylic acids is 1. The van der Waals surface area contributed by atoms with Crippen LogP contribution in [0.3, 0.4) is 0 Å². The minimum absolute atomic E-state index is 0.320. The standard InChI is InChI=1S/C18H20N2O3S2/c1-3-23-13-9-5-4-8-12(13)19-18(24)20-16-15(17(21)22-2)11-7-6-10-14(11)25-16/h4-5,8-9H,3,6-7,10H2,1-2H3,(H2,19,20,24). The van der Waals surface area contributed by atoms with Crippen LogP contribution in [0.1, 0.15) is 34.1 Å². The fourth-order valence-corrected chi connectivity index (χ4v) is 4.48. The monoisotopic (exact) mass is 376 g/mol. The smallest absolute Gasteiger partial charge is 0.341 e. The molecule has 0 bridgehead atoms. The molecule has 3 rings (SSSR count). The van der Waals surface area contributed by atoms with Crippen molar-refractivity contribution in [2.75, 3.05) is 24.4 Å². The average Bonchev–Trinajstić information content (AvgIpc) is 3.16. The molecule has 0 amide bonds. The van der Waals surface area contributed by atoms with Crippen molar-refractivity contribution in [1.29, 1.82) is 0 Å². The second kappa shape index (κ2) is 7.84. The van der Waals surface area contributed by atoms with Gasteiger partial charge in [0.15, 0.2) is 5.11 Å². The Kier molecular flexibility index (Phi) is 5.55. The Hall–Kier alpha value is -2.12. The first-order valence-electron chi connectivity index (χ1n) is 8.16. The molecular formula is C18H20N2O3S2. The van der Waals surface area contributed by atoms with Crippen molar-refractivity contribution >= 4 is 45.3 Å². The fourth-order valence-electron chi connectivity index (χ4n) is 2.92. The van der Waals surface area contributed by atoms with E-state index < -0.39 is 0 Å². The minimum Gasteiger partial charge on any atom is -0.492 e. The molecular weight excluding hydrogens is 356 g/mol. The molecule has 0 saturated carbocycles. The minimum atomic E-state index is -0.320. The number of esters is 1. The molecule has 7 heteroatoms. The third-order valence-corrected chi connectivity index (χ3v) is 5.38. The van der Waals surface area contributed by atoms with Crippen LogP contribution in [0.4, 0.5) is 10.7 Å². The first-order valence-corrected chi connectivity index (χ1v) is 9.39. The summed E-state index contributed by atoms with van der Waals surface area (Å²) in [5, 5.41) is 7.45. The van der Waals surface area contributed by atoms with Crippen LogP contribution in [0.15, 0.2) is 24.3 Å². The van der Waals surface area contributed by atoms with Gasteiger partial charge in [-0.15, -0.1) is 11.3 Å². The van der Waals surface area contributed by atoms with Gasteiger partial charge in [0.05, 0.1) is 25.0 Å². The number of methoxy groups -OCH3 is 1. The summed E-state index contributed by atoms with van der Waals surface area (Å²) in [5.41, 5.74) is 2.49. The normalized spacial score (nSPS) is 12.4. The summed E-state index contributed by atoms with van der Waals surface area (Å²) < 4.78 is 10.6. The van der Waals surface area contributed by atoms with Crippen LogP contribution in [0.5, 0.6) is 5.75 Å². The van der Waals surface area contributed by atoms with Crippen molar-refractivity contribution < 1.29 is 14.3 Å². The maximum absolute atomic E-state index is 12.2. The predicted octanol–water partition coefficient (Wildman–Crippen LogP) is 4.23. The molecule has 1 aromatic carbocycles. The molecule has 1 aliphatic rings. The number of nitrogens with one attached hydrogen (secondary N) is 2. The van der Waals surface area contributed by atoms with Crippen LogP contribution in [0, 0.1) is 0 Å². The number of rotatable bonds is 5. The Labute approximate surface area is 156 Å². The molecule has 2 aromatic rings. The van der Waals surface area contributed by atoms with Crippen molar-refractivity contribution in [3.8, 4) is 5.75 Å². The highest BCUT2D eigenvalue weighted by Gasteiger charge is 2.27.